The highest BCUT2D eigenvalue weighted by Crippen LogP contribution is 2.23. The number of nitrogens with two attached hydrogens (primary N) is 1. The summed E-state index contributed by atoms with van der Waals surface area (Å²) in [5.74, 6) is -0.0574. The molecule has 1 fully saturated rings. The SMILES string of the molecule is CC1CN(C(C)C(=O)Nc2ccc(Cl)c(N)c2)CC(C)O1. The highest BCUT2D eigenvalue weighted by Gasteiger charge is 2.29. The van der Waals surface area contributed by atoms with Crippen molar-refractivity contribution in [3.8, 4) is 0 Å². The Morgan fingerprint density at radius 2 is 2.05 bits per heavy atom. The maximum Gasteiger partial charge on any atom is 0.241 e. The van der Waals surface area contributed by atoms with Crippen LogP contribution in [0.15, 0.2) is 18.2 Å². The van der Waals surface area contributed by atoms with E-state index in [-0.39, 0.29) is 24.2 Å². The fourth-order valence-electron chi connectivity index (χ4n) is 2.57. The van der Waals surface area contributed by atoms with Gasteiger partial charge in [0.1, 0.15) is 0 Å². The second-order valence-electron chi connectivity index (χ2n) is 5.61. The number of carbonyl (C=O) groups excluding carboxylic acids is 1. The van der Waals surface area contributed by atoms with Crippen LogP contribution in [0.1, 0.15) is 20.8 Å². The Balaban J connectivity index is 2.00. The zero-order valence-corrected chi connectivity index (χ0v) is 13.4. The number of nitrogens with one attached hydrogen (secondary N) is 1. The molecule has 3 N–H and O–H groups in total. The maximum absolute atomic E-state index is 12.4. The molecule has 6 heteroatoms. The van der Waals surface area contributed by atoms with Crippen molar-refractivity contribution in [2.45, 2.75) is 39.0 Å². The topological polar surface area (TPSA) is 67.6 Å². The molecular weight excluding hydrogens is 290 g/mol. The minimum atomic E-state index is -0.226. The molecule has 0 saturated carbocycles. The van der Waals surface area contributed by atoms with Crippen molar-refractivity contribution in [1.29, 1.82) is 0 Å². The zero-order valence-electron chi connectivity index (χ0n) is 12.6. The lowest BCUT2D eigenvalue weighted by Gasteiger charge is -2.38. The minimum Gasteiger partial charge on any atom is -0.397 e. The standard InChI is InChI=1S/C15H22ClN3O2/c1-9-7-19(8-10(2)21-9)11(3)15(20)18-12-4-5-13(16)14(17)6-12/h4-6,9-11H,7-8,17H2,1-3H3,(H,18,20). The van der Waals surface area contributed by atoms with Gasteiger partial charge in [0.2, 0.25) is 5.91 Å². The van der Waals surface area contributed by atoms with Crippen LogP contribution in [0.3, 0.4) is 0 Å². The summed E-state index contributed by atoms with van der Waals surface area (Å²) in [6, 6.07) is 4.86. The molecular formula is C15H22ClN3O2. The van der Waals surface area contributed by atoms with Crippen LogP contribution < -0.4 is 11.1 Å². The normalized spacial score (nSPS) is 24.6. The summed E-state index contributed by atoms with van der Waals surface area (Å²) in [6.45, 7) is 7.45. The van der Waals surface area contributed by atoms with E-state index in [4.69, 9.17) is 22.1 Å². The van der Waals surface area contributed by atoms with Gasteiger partial charge < -0.3 is 15.8 Å². The van der Waals surface area contributed by atoms with Crippen molar-refractivity contribution in [2.75, 3.05) is 24.1 Å². The molecule has 0 bridgehead atoms. The van der Waals surface area contributed by atoms with E-state index in [9.17, 15) is 4.79 Å². The van der Waals surface area contributed by atoms with Gasteiger partial charge in [-0.2, -0.15) is 0 Å². The third-order valence-electron chi connectivity index (χ3n) is 3.64. The van der Waals surface area contributed by atoms with E-state index in [2.05, 4.69) is 10.2 Å². The Morgan fingerprint density at radius 3 is 2.62 bits per heavy atom. The molecule has 116 valence electrons. The van der Waals surface area contributed by atoms with Crippen molar-refractivity contribution in [3.63, 3.8) is 0 Å². The largest absolute Gasteiger partial charge is 0.397 e. The number of morpholine rings is 1. The molecule has 0 spiro atoms. The van der Waals surface area contributed by atoms with Crippen LogP contribution in [-0.4, -0.2) is 42.1 Å². The summed E-state index contributed by atoms with van der Waals surface area (Å²) in [5, 5.41) is 3.36. The number of hydrogen-bond donors (Lipinski definition) is 2. The molecule has 5 nitrogen and oxygen atoms in total. The predicted octanol–water partition coefficient (Wildman–Crippen LogP) is 2.36. The average molecular weight is 312 g/mol. The molecule has 3 unspecified atom stereocenters. The van der Waals surface area contributed by atoms with Gasteiger partial charge in [0.25, 0.3) is 0 Å². The van der Waals surface area contributed by atoms with Crippen LogP contribution in [0.25, 0.3) is 0 Å². The molecule has 1 aliphatic heterocycles. The molecule has 2 rings (SSSR count). The minimum absolute atomic E-state index is 0.0574. The van der Waals surface area contributed by atoms with E-state index in [0.29, 0.717) is 16.4 Å². The Morgan fingerprint density at radius 1 is 1.43 bits per heavy atom. The number of ether oxygens (including phenoxy) is 1. The van der Waals surface area contributed by atoms with Crippen LogP contribution in [0.4, 0.5) is 11.4 Å². The van der Waals surface area contributed by atoms with Crippen LogP contribution in [0.2, 0.25) is 5.02 Å². The third kappa shape index (κ3) is 4.09. The van der Waals surface area contributed by atoms with Gasteiger partial charge in [-0.05, 0) is 39.0 Å². The van der Waals surface area contributed by atoms with Gasteiger partial charge in [-0.1, -0.05) is 11.6 Å². The van der Waals surface area contributed by atoms with Gasteiger partial charge in [0.15, 0.2) is 0 Å². The highest BCUT2D eigenvalue weighted by molar-refractivity contribution is 6.33. The van der Waals surface area contributed by atoms with E-state index >= 15 is 0 Å². The summed E-state index contributed by atoms with van der Waals surface area (Å²) < 4.78 is 5.69. The first kappa shape index (κ1) is 16.1. The lowest BCUT2D eigenvalue weighted by molar-refractivity contribution is -0.126. The molecule has 0 aliphatic carbocycles. The monoisotopic (exact) mass is 311 g/mol. The number of amides is 1. The summed E-state index contributed by atoms with van der Waals surface area (Å²) in [4.78, 5) is 14.5. The first-order valence-electron chi connectivity index (χ1n) is 7.12. The second-order valence-corrected chi connectivity index (χ2v) is 6.02. The number of carbonyl (C=O) groups is 1. The molecule has 1 saturated heterocycles. The van der Waals surface area contributed by atoms with Gasteiger partial charge in [-0.15, -0.1) is 0 Å². The van der Waals surface area contributed by atoms with E-state index in [1.54, 1.807) is 18.2 Å². The van der Waals surface area contributed by atoms with Gasteiger partial charge in [-0.3, -0.25) is 9.69 Å². The van der Waals surface area contributed by atoms with Gasteiger partial charge in [-0.25, -0.2) is 0 Å². The van der Waals surface area contributed by atoms with Gasteiger partial charge in [0.05, 0.1) is 29.0 Å². The maximum atomic E-state index is 12.4. The lowest BCUT2D eigenvalue weighted by Crippen LogP contribution is -2.52. The number of halogens is 1. The predicted molar refractivity (Wildman–Crippen MR) is 85.5 cm³/mol. The second kappa shape index (κ2) is 6.64. The highest BCUT2D eigenvalue weighted by atomic mass is 35.5. The van der Waals surface area contributed by atoms with Crippen LogP contribution in [-0.2, 0) is 9.53 Å². The third-order valence-corrected chi connectivity index (χ3v) is 3.98. The molecule has 0 radical (unpaired) electrons. The first-order valence-corrected chi connectivity index (χ1v) is 7.50. The van der Waals surface area contributed by atoms with Crippen molar-refractivity contribution >= 4 is 28.9 Å². The van der Waals surface area contributed by atoms with Crippen LogP contribution in [0.5, 0.6) is 0 Å². The molecule has 1 heterocycles. The van der Waals surface area contributed by atoms with Crippen molar-refractivity contribution < 1.29 is 9.53 Å². The summed E-state index contributed by atoms with van der Waals surface area (Å²) >= 11 is 5.87. The number of anilines is 2. The van der Waals surface area contributed by atoms with E-state index in [0.717, 1.165) is 13.1 Å². The molecule has 3 atom stereocenters. The first-order chi connectivity index (χ1) is 9.86. The summed E-state index contributed by atoms with van der Waals surface area (Å²) in [7, 11) is 0. The number of hydrogen-bond acceptors (Lipinski definition) is 4. The summed E-state index contributed by atoms with van der Waals surface area (Å²) in [5.41, 5.74) is 6.85. The smallest absolute Gasteiger partial charge is 0.241 e. The molecule has 1 amide bonds. The molecule has 1 aromatic rings. The molecule has 1 aromatic carbocycles. The van der Waals surface area contributed by atoms with Crippen LogP contribution >= 0.6 is 11.6 Å². The van der Waals surface area contributed by atoms with E-state index in [1.807, 2.05) is 20.8 Å². The van der Waals surface area contributed by atoms with E-state index in [1.165, 1.54) is 0 Å². The average Bonchev–Trinajstić information content (AvgIpc) is 2.41. The Labute approximate surface area is 130 Å². The molecule has 1 aliphatic rings. The Bertz CT molecular complexity index is 514. The van der Waals surface area contributed by atoms with Crippen LogP contribution in [0, 0.1) is 0 Å². The number of rotatable bonds is 3. The number of benzene rings is 1. The Hall–Kier alpha value is -1.30. The lowest BCUT2D eigenvalue weighted by atomic mass is 10.1. The quantitative estimate of drug-likeness (QED) is 0.841. The van der Waals surface area contributed by atoms with Crippen molar-refractivity contribution in [3.05, 3.63) is 23.2 Å². The fourth-order valence-corrected chi connectivity index (χ4v) is 2.69. The number of nitrogen functional groups attached to an aromatic ring is 1. The van der Waals surface area contributed by atoms with Crippen molar-refractivity contribution in [2.24, 2.45) is 0 Å². The fraction of sp³-hybridized carbons (Fsp3) is 0.533. The van der Waals surface area contributed by atoms with Gasteiger partial charge >= 0.3 is 0 Å². The number of nitrogens with zero attached hydrogens (tertiary/aromatic N) is 1. The zero-order chi connectivity index (χ0) is 15.6. The Kier molecular flexibility index (Phi) is 5.08. The molecule has 21 heavy (non-hydrogen) atoms. The molecule has 0 aromatic heterocycles. The van der Waals surface area contributed by atoms with E-state index < -0.39 is 0 Å². The van der Waals surface area contributed by atoms with Gasteiger partial charge in [0, 0.05) is 18.8 Å². The van der Waals surface area contributed by atoms with Crippen molar-refractivity contribution in [1.82, 2.24) is 4.90 Å². The summed E-state index contributed by atoms with van der Waals surface area (Å²) in [6.07, 6.45) is 0.269.